The van der Waals surface area contributed by atoms with E-state index < -0.39 is 0 Å². The smallest absolute Gasteiger partial charge is 0.241 e. The number of hydrogen-bond donors (Lipinski definition) is 2. The largest absolute Gasteiger partial charge is 0.370 e. The Balaban J connectivity index is 0. The van der Waals surface area contributed by atoms with Crippen LogP contribution in [0.1, 0.15) is 27.2 Å². The molecule has 1 amide bonds. The van der Waals surface area contributed by atoms with Crippen molar-refractivity contribution in [3.63, 3.8) is 0 Å². The van der Waals surface area contributed by atoms with Crippen LogP contribution in [0, 0.1) is 0 Å². The maximum Gasteiger partial charge on any atom is 0.241 e. The molecule has 0 unspecified atom stereocenters. The molecule has 3 N–H and O–H groups in total. The van der Waals surface area contributed by atoms with Gasteiger partial charge in [-0.1, -0.05) is 6.92 Å². The van der Waals surface area contributed by atoms with Crippen molar-refractivity contribution in [2.75, 3.05) is 26.2 Å². The minimum Gasteiger partial charge on any atom is -0.370 e. The van der Waals surface area contributed by atoms with Gasteiger partial charge in [0.15, 0.2) is 5.96 Å². The summed E-state index contributed by atoms with van der Waals surface area (Å²) in [5.74, 6) is 0.360. The summed E-state index contributed by atoms with van der Waals surface area (Å²) in [6.45, 7) is 8.44. The molecule has 0 heterocycles. The van der Waals surface area contributed by atoms with Gasteiger partial charge in [0.1, 0.15) is 6.54 Å². The van der Waals surface area contributed by atoms with Gasteiger partial charge < -0.3 is 16.0 Å². The van der Waals surface area contributed by atoms with Gasteiger partial charge >= 0.3 is 0 Å². The second kappa shape index (κ2) is 11.0. The second-order valence-corrected chi connectivity index (χ2v) is 3.20. The Bertz CT molecular complexity index is 217. The fourth-order valence-electron chi connectivity index (χ4n) is 1.12. The molecule has 0 aromatic carbocycles. The van der Waals surface area contributed by atoms with Crippen LogP contribution in [0.4, 0.5) is 0 Å². The quantitative estimate of drug-likeness (QED) is 0.426. The van der Waals surface area contributed by atoms with Crippen molar-refractivity contribution in [2.24, 2.45) is 10.7 Å². The highest BCUT2D eigenvalue weighted by Crippen LogP contribution is 1.86. The lowest BCUT2D eigenvalue weighted by Crippen LogP contribution is -2.38. The third-order valence-corrected chi connectivity index (χ3v) is 2.04. The van der Waals surface area contributed by atoms with Crippen molar-refractivity contribution in [3.8, 4) is 0 Å². The van der Waals surface area contributed by atoms with E-state index in [9.17, 15) is 4.79 Å². The molecule has 0 atom stereocenters. The van der Waals surface area contributed by atoms with Gasteiger partial charge in [0.2, 0.25) is 5.91 Å². The zero-order valence-corrected chi connectivity index (χ0v) is 12.7. The first-order valence-corrected chi connectivity index (χ1v) is 5.47. The Hall–Kier alpha value is -0.530. The zero-order valence-electron chi connectivity index (χ0n) is 10.3. The van der Waals surface area contributed by atoms with Crippen LogP contribution in [0.15, 0.2) is 4.99 Å². The summed E-state index contributed by atoms with van der Waals surface area (Å²) in [4.78, 5) is 17.2. The average Bonchev–Trinajstić information content (AvgIpc) is 2.25. The lowest BCUT2D eigenvalue weighted by molar-refractivity contribution is -0.119. The predicted octanol–water partition coefficient (Wildman–Crippen LogP) is 0.787. The number of amides is 1. The lowest BCUT2D eigenvalue weighted by atomic mass is 10.4. The maximum atomic E-state index is 11.2. The van der Waals surface area contributed by atoms with Crippen LogP contribution in [-0.4, -0.2) is 42.9 Å². The van der Waals surface area contributed by atoms with Crippen LogP contribution in [-0.2, 0) is 4.79 Å². The minimum atomic E-state index is -0.0769. The number of hydrogen-bond acceptors (Lipinski definition) is 2. The number of rotatable bonds is 6. The van der Waals surface area contributed by atoms with Crippen molar-refractivity contribution < 1.29 is 4.79 Å². The van der Waals surface area contributed by atoms with Crippen molar-refractivity contribution in [1.29, 1.82) is 0 Å². The lowest BCUT2D eigenvalue weighted by Gasteiger charge is -2.19. The van der Waals surface area contributed by atoms with Gasteiger partial charge in [-0.25, -0.2) is 4.99 Å². The Kier molecular flexibility index (Phi) is 12.2. The average molecular weight is 342 g/mol. The maximum absolute atomic E-state index is 11.2. The summed E-state index contributed by atoms with van der Waals surface area (Å²) in [6, 6.07) is 0. The van der Waals surface area contributed by atoms with E-state index in [4.69, 9.17) is 5.73 Å². The Labute approximate surface area is 115 Å². The fraction of sp³-hybridized carbons (Fsp3) is 0.800. The Morgan fingerprint density at radius 2 is 1.88 bits per heavy atom. The predicted molar refractivity (Wildman–Crippen MR) is 78.1 cm³/mol. The number of nitrogens with one attached hydrogen (secondary N) is 1. The van der Waals surface area contributed by atoms with Gasteiger partial charge in [-0.3, -0.25) is 4.79 Å². The van der Waals surface area contributed by atoms with Crippen LogP contribution in [0.2, 0.25) is 0 Å². The van der Waals surface area contributed by atoms with E-state index in [-0.39, 0.29) is 36.4 Å². The second-order valence-electron chi connectivity index (χ2n) is 3.20. The molecule has 0 saturated carbocycles. The molecular formula is C10H23IN4O. The highest BCUT2D eigenvalue weighted by atomic mass is 127. The first kappa shape index (κ1) is 17.9. The van der Waals surface area contributed by atoms with E-state index in [0.717, 1.165) is 19.5 Å². The molecule has 0 aromatic heterocycles. The van der Waals surface area contributed by atoms with E-state index in [2.05, 4.69) is 10.3 Å². The first-order valence-electron chi connectivity index (χ1n) is 5.47. The van der Waals surface area contributed by atoms with Gasteiger partial charge in [0.25, 0.3) is 0 Å². The highest BCUT2D eigenvalue weighted by molar-refractivity contribution is 14.0. The zero-order chi connectivity index (χ0) is 11.7. The number of carbonyl (C=O) groups is 1. The monoisotopic (exact) mass is 342 g/mol. The van der Waals surface area contributed by atoms with Crippen molar-refractivity contribution in [1.82, 2.24) is 10.2 Å². The van der Waals surface area contributed by atoms with E-state index >= 15 is 0 Å². The Morgan fingerprint density at radius 1 is 1.31 bits per heavy atom. The molecule has 0 aromatic rings. The number of carbonyl (C=O) groups excluding carboxylic acids is 1. The molecule has 0 radical (unpaired) electrons. The molecule has 6 heteroatoms. The summed E-state index contributed by atoms with van der Waals surface area (Å²) in [5, 5.41) is 2.74. The molecule has 0 spiro atoms. The van der Waals surface area contributed by atoms with Crippen molar-refractivity contribution >= 4 is 35.8 Å². The van der Waals surface area contributed by atoms with Crippen LogP contribution in [0.5, 0.6) is 0 Å². The van der Waals surface area contributed by atoms with E-state index in [0.29, 0.717) is 12.5 Å². The molecule has 0 saturated heterocycles. The summed E-state index contributed by atoms with van der Waals surface area (Å²) in [6.07, 6.45) is 0.932. The molecule has 0 fully saturated rings. The number of halogens is 1. The van der Waals surface area contributed by atoms with E-state index in [1.807, 2.05) is 25.7 Å². The third-order valence-electron chi connectivity index (χ3n) is 2.04. The topological polar surface area (TPSA) is 70.7 Å². The van der Waals surface area contributed by atoms with E-state index in [1.165, 1.54) is 0 Å². The first-order chi connectivity index (χ1) is 7.15. The third kappa shape index (κ3) is 7.72. The van der Waals surface area contributed by atoms with Crippen LogP contribution < -0.4 is 11.1 Å². The summed E-state index contributed by atoms with van der Waals surface area (Å²) in [5.41, 5.74) is 5.71. The summed E-state index contributed by atoms with van der Waals surface area (Å²) < 4.78 is 0. The van der Waals surface area contributed by atoms with Crippen LogP contribution >= 0.6 is 24.0 Å². The van der Waals surface area contributed by atoms with Gasteiger partial charge in [0, 0.05) is 19.6 Å². The molecule has 0 aliphatic heterocycles. The van der Waals surface area contributed by atoms with Gasteiger partial charge in [-0.15, -0.1) is 24.0 Å². The molecule has 0 bridgehead atoms. The van der Waals surface area contributed by atoms with Crippen molar-refractivity contribution in [2.45, 2.75) is 27.2 Å². The van der Waals surface area contributed by atoms with Gasteiger partial charge in [-0.2, -0.15) is 0 Å². The van der Waals surface area contributed by atoms with Crippen LogP contribution in [0.25, 0.3) is 0 Å². The number of nitrogens with two attached hydrogens (primary N) is 1. The summed E-state index contributed by atoms with van der Waals surface area (Å²) >= 11 is 0. The highest BCUT2D eigenvalue weighted by Gasteiger charge is 2.03. The SMILES string of the molecule is CCCNC(=O)CN=C(N)N(CC)CC.I. The molecular weight excluding hydrogens is 319 g/mol. The summed E-state index contributed by atoms with van der Waals surface area (Å²) in [7, 11) is 0. The van der Waals surface area contributed by atoms with Crippen LogP contribution in [0.3, 0.4) is 0 Å². The molecule has 0 aliphatic rings. The van der Waals surface area contributed by atoms with Crippen molar-refractivity contribution in [3.05, 3.63) is 0 Å². The molecule has 0 rings (SSSR count). The van der Waals surface area contributed by atoms with Gasteiger partial charge in [0.05, 0.1) is 0 Å². The molecule has 0 aliphatic carbocycles. The number of nitrogens with zero attached hydrogens (tertiary/aromatic N) is 2. The normalized spacial score (nSPS) is 10.6. The Morgan fingerprint density at radius 3 is 2.31 bits per heavy atom. The standard InChI is InChI=1S/C10H22N4O.HI/c1-4-7-12-9(15)8-13-10(11)14(5-2)6-3;/h4-8H2,1-3H3,(H2,11,13)(H,12,15);1H. The van der Waals surface area contributed by atoms with Gasteiger partial charge in [-0.05, 0) is 20.3 Å². The minimum absolute atomic E-state index is 0. The molecule has 16 heavy (non-hydrogen) atoms. The number of aliphatic imine (C=N–C) groups is 1. The number of guanidine groups is 1. The molecule has 5 nitrogen and oxygen atoms in total. The van der Waals surface area contributed by atoms with E-state index in [1.54, 1.807) is 0 Å². The molecule has 96 valence electrons. The fourth-order valence-corrected chi connectivity index (χ4v) is 1.12.